The fourth-order valence-electron chi connectivity index (χ4n) is 1.65. The number of ether oxygens (including phenoxy) is 2. The van der Waals surface area contributed by atoms with E-state index < -0.39 is 0 Å². The van der Waals surface area contributed by atoms with Crippen LogP contribution in [-0.4, -0.2) is 13.7 Å². The van der Waals surface area contributed by atoms with Gasteiger partial charge in [0.05, 0.1) is 19.6 Å². The quantitative estimate of drug-likeness (QED) is 0.708. The molecule has 0 atom stereocenters. The predicted octanol–water partition coefficient (Wildman–Crippen LogP) is 3.61. The second kappa shape index (κ2) is 5.44. The van der Waals surface area contributed by atoms with Gasteiger partial charge in [-0.2, -0.15) is 0 Å². The van der Waals surface area contributed by atoms with Crippen molar-refractivity contribution in [1.29, 1.82) is 0 Å². The van der Waals surface area contributed by atoms with Crippen molar-refractivity contribution in [1.82, 2.24) is 0 Å². The van der Waals surface area contributed by atoms with Gasteiger partial charge in [0.15, 0.2) is 0 Å². The average Bonchev–Trinajstić information content (AvgIpc) is 3.13. The van der Waals surface area contributed by atoms with Gasteiger partial charge < -0.3 is 9.47 Å². The Morgan fingerprint density at radius 1 is 1.38 bits per heavy atom. The molecule has 88 valence electrons. The van der Waals surface area contributed by atoms with Gasteiger partial charge in [-0.3, -0.25) is 0 Å². The first-order chi connectivity index (χ1) is 7.83. The van der Waals surface area contributed by atoms with Gasteiger partial charge >= 0.3 is 0 Å². The van der Waals surface area contributed by atoms with Crippen molar-refractivity contribution >= 4 is 11.6 Å². The van der Waals surface area contributed by atoms with Crippen LogP contribution in [0.25, 0.3) is 0 Å². The molecule has 1 aliphatic carbocycles. The highest BCUT2D eigenvalue weighted by Crippen LogP contribution is 2.33. The third kappa shape index (κ3) is 3.05. The fraction of sp³-hybridized carbons (Fsp3) is 0.538. The Kier molecular flexibility index (Phi) is 3.94. The molecule has 3 heteroatoms. The number of rotatable bonds is 6. The molecular weight excluding hydrogens is 224 g/mol. The summed E-state index contributed by atoms with van der Waals surface area (Å²) in [5, 5.41) is 0. The van der Waals surface area contributed by atoms with Gasteiger partial charge in [0.1, 0.15) is 11.5 Å². The third-order valence-electron chi connectivity index (χ3n) is 2.90. The van der Waals surface area contributed by atoms with E-state index in [4.69, 9.17) is 21.1 Å². The van der Waals surface area contributed by atoms with E-state index >= 15 is 0 Å². The maximum absolute atomic E-state index is 5.86. The van der Waals surface area contributed by atoms with Crippen LogP contribution in [0, 0.1) is 5.92 Å². The first-order valence-electron chi connectivity index (χ1n) is 5.69. The minimum Gasteiger partial charge on any atom is -0.497 e. The van der Waals surface area contributed by atoms with Gasteiger partial charge in [0, 0.05) is 11.6 Å². The van der Waals surface area contributed by atoms with Crippen LogP contribution in [0.2, 0.25) is 0 Å². The summed E-state index contributed by atoms with van der Waals surface area (Å²) >= 11 is 5.86. The number of methoxy groups -OCH3 is 1. The van der Waals surface area contributed by atoms with Gasteiger partial charge in [-0.05, 0) is 18.4 Å². The van der Waals surface area contributed by atoms with E-state index in [1.807, 2.05) is 18.2 Å². The lowest BCUT2D eigenvalue weighted by Gasteiger charge is -2.11. The van der Waals surface area contributed by atoms with Crippen LogP contribution in [0.15, 0.2) is 18.2 Å². The molecule has 0 bridgehead atoms. The Morgan fingerprint density at radius 2 is 2.19 bits per heavy atom. The summed E-state index contributed by atoms with van der Waals surface area (Å²) in [6.45, 7) is 0.779. The van der Waals surface area contributed by atoms with Crippen molar-refractivity contribution in [2.24, 2.45) is 5.92 Å². The average molecular weight is 241 g/mol. The van der Waals surface area contributed by atoms with Crippen molar-refractivity contribution < 1.29 is 9.47 Å². The highest BCUT2D eigenvalue weighted by atomic mass is 35.5. The molecule has 0 aromatic heterocycles. The summed E-state index contributed by atoms with van der Waals surface area (Å²) in [4.78, 5) is 0. The summed E-state index contributed by atoms with van der Waals surface area (Å²) in [6.07, 6.45) is 3.88. The van der Waals surface area contributed by atoms with Crippen LogP contribution in [0.3, 0.4) is 0 Å². The van der Waals surface area contributed by atoms with Gasteiger partial charge in [-0.1, -0.05) is 18.9 Å². The molecular formula is C13H17ClO2. The van der Waals surface area contributed by atoms with Gasteiger partial charge in [0.2, 0.25) is 0 Å². The SMILES string of the molecule is COc1ccc(CCl)c(OCCC2CC2)c1. The highest BCUT2D eigenvalue weighted by molar-refractivity contribution is 6.17. The smallest absolute Gasteiger partial charge is 0.127 e. The van der Waals surface area contributed by atoms with Crippen molar-refractivity contribution in [2.75, 3.05) is 13.7 Å². The first kappa shape index (κ1) is 11.6. The number of alkyl halides is 1. The molecule has 0 radical (unpaired) electrons. The zero-order valence-electron chi connectivity index (χ0n) is 9.54. The van der Waals surface area contributed by atoms with E-state index in [2.05, 4.69) is 0 Å². The zero-order valence-corrected chi connectivity index (χ0v) is 10.3. The molecule has 0 N–H and O–H groups in total. The lowest BCUT2D eigenvalue weighted by Crippen LogP contribution is -2.00. The number of hydrogen-bond donors (Lipinski definition) is 0. The van der Waals surface area contributed by atoms with Crippen molar-refractivity contribution in [3.63, 3.8) is 0 Å². The summed E-state index contributed by atoms with van der Waals surface area (Å²) in [5.74, 6) is 3.04. The lowest BCUT2D eigenvalue weighted by molar-refractivity contribution is 0.298. The normalized spacial score (nSPS) is 14.9. The Morgan fingerprint density at radius 3 is 2.81 bits per heavy atom. The maximum atomic E-state index is 5.86. The predicted molar refractivity (Wildman–Crippen MR) is 65.4 cm³/mol. The van der Waals surface area contributed by atoms with Crippen molar-refractivity contribution in [2.45, 2.75) is 25.1 Å². The highest BCUT2D eigenvalue weighted by Gasteiger charge is 2.20. The molecule has 1 saturated carbocycles. The minimum absolute atomic E-state index is 0.475. The second-order valence-corrected chi connectivity index (χ2v) is 4.46. The van der Waals surface area contributed by atoms with Crippen LogP contribution < -0.4 is 9.47 Å². The number of halogens is 1. The van der Waals surface area contributed by atoms with Crippen LogP contribution in [0.5, 0.6) is 11.5 Å². The second-order valence-electron chi connectivity index (χ2n) is 4.19. The summed E-state index contributed by atoms with van der Waals surface area (Å²) in [7, 11) is 1.66. The van der Waals surface area contributed by atoms with Crippen molar-refractivity contribution in [3.8, 4) is 11.5 Å². The Hall–Kier alpha value is -0.890. The van der Waals surface area contributed by atoms with E-state index in [9.17, 15) is 0 Å². The number of benzene rings is 1. The summed E-state index contributed by atoms with van der Waals surface area (Å²) in [5.41, 5.74) is 1.03. The van der Waals surface area contributed by atoms with E-state index in [1.165, 1.54) is 12.8 Å². The van der Waals surface area contributed by atoms with Crippen LogP contribution in [-0.2, 0) is 5.88 Å². The van der Waals surface area contributed by atoms with E-state index in [0.717, 1.165) is 36.0 Å². The van der Waals surface area contributed by atoms with Gasteiger partial charge in [-0.15, -0.1) is 11.6 Å². The van der Waals surface area contributed by atoms with Gasteiger partial charge in [-0.25, -0.2) is 0 Å². The molecule has 0 unspecified atom stereocenters. The van der Waals surface area contributed by atoms with Crippen LogP contribution >= 0.6 is 11.6 Å². The molecule has 0 spiro atoms. The number of hydrogen-bond acceptors (Lipinski definition) is 2. The van der Waals surface area contributed by atoms with Gasteiger partial charge in [0.25, 0.3) is 0 Å². The monoisotopic (exact) mass is 240 g/mol. The van der Waals surface area contributed by atoms with Crippen LogP contribution in [0.1, 0.15) is 24.8 Å². The van der Waals surface area contributed by atoms with Crippen molar-refractivity contribution in [3.05, 3.63) is 23.8 Å². The molecule has 0 aliphatic heterocycles. The Bertz CT molecular complexity index is 348. The minimum atomic E-state index is 0.475. The largest absolute Gasteiger partial charge is 0.497 e. The standard InChI is InChI=1S/C13H17ClO2/c1-15-12-5-4-11(9-14)13(8-12)16-7-6-10-2-3-10/h4-5,8,10H,2-3,6-7,9H2,1H3. The third-order valence-corrected chi connectivity index (χ3v) is 3.19. The Balaban J connectivity index is 1.97. The molecule has 2 nitrogen and oxygen atoms in total. The summed E-state index contributed by atoms with van der Waals surface area (Å²) < 4.78 is 10.9. The Labute approximate surface area is 102 Å². The fourth-order valence-corrected chi connectivity index (χ4v) is 1.87. The lowest BCUT2D eigenvalue weighted by atomic mass is 10.2. The molecule has 0 heterocycles. The molecule has 16 heavy (non-hydrogen) atoms. The summed E-state index contributed by atoms with van der Waals surface area (Å²) in [6, 6.07) is 5.77. The molecule has 1 aromatic rings. The zero-order chi connectivity index (χ0) is 11.4. The molecule has 1 aliphatic rings. The molecule has 0 saturated heterocycles. The first-order valence-corrected chi connectivity index (χ1v) is 6.22. The van der Waals surface area contributed by atoms with E-state index in [0.29, 0.717) is 5.88 Å². The maximum Gasteiger partial charge on any atom is 0.127 e. The molecule has 1 fully saturated rings. The van der Waals surface area contributed by atoms with Crippen LogP contribution in [0.4, 0.5) is 0 Å². The molecule has 2 rings (SSSR count). The molecule has 0 amide bonds. The van der Waals surface area contributed by atoms with E-state index in [1.54, 1.807) is 7.11 Å². The van der Waals surface area contributed by atoms with E-state index in [-0.39, 0.29) is 0 Å². The molecule has 1 aromatic carbocycles. The topological polar surface area (TPSA) is 18.5 Å².